The molecule has 1 fully saturated rings. The van der Waals surface area contributed by atoms with Crippen LogP contribution in [0.15, 0.2) is 47.6 Å². The number of aromatic hydroxyl groups is 2. The van der Waals surface area contributed by atoms with Gasteiger partial charge in [-0.3, -0.25) is 0 Å². The number of hydrogen-bond acceptors (Lipinski definition) is 5. The first-order valence-electron chi connectivity index (χ1n) is 14.4. The minimum atomic E-state index is -0.356. The third-order valence-electron chi connectivity index (χ3n) is 8.98. The Morgan fingerprint density at radius 1 is 1.00 bits per heavy atom. The van der Waals surface area contributed by atoms with E-state index in [-0.39, 0.29) is 34.5 Å². The summed E-state index contributed by atoms with van der Waals surface area (Å²) in [5.74, 6) is 1.82. The number of rotatable bonds is 8. The summed E-state index contributed by atoms with van der Waals surface area (Å²) in [6.07, 6.45) is 12.5. The molecular weight excluding hydrogens is 500 g/mol. The van der Waals surface area contributed by atoms with Crippen molar-refractivity contribution in [3.05, 3.63) is 69.8 Å². The summed E-state index contributed by atoms with van der Waals surface area (Å²) in [6, 6.07) is 7.45. The molecule has 3 atom stereocenters. The van der Waals surface area contributed by atoms with E-state index in [1.807, 2.05) is 18.2 Å². The molecule has 0 unspecified atom stereocenters. The molecule has 1 heterocycles. The van der Waals surface area contributed by atoms with Gasteiger partial charge in [0.1, 0.15) is 17.1 Å². The van der Waals surface area contributed by atoms with Crippen LogP contribution in [-0.4, -0.2) is 34.1 Å². The van der Waals surface area contributed by atoms with Crippen molar-refractivity contribution < 1.29 is 24.8 Å². The second-order valence-corrected chi connectivity index (χ2v) is 12.7. The number of fused-ring (bicyclic) bond motifs is 2. The summed E-state index contributed by atoms with van der Waals surface area (Å²) in [4.78, 5) is 0. The first kappa shape index (κ1) is 29.8. The van der Waals surface area contributed by atoms with Gasteiger partial charge in [-0.25, -0.2) is 0 Å². The molecule has 2 aromatic rings. The zero-order chi connectivity index (χ0) is 29.2. The van der Waals surface area contributed by atoms with Crippen molar-refractivity contribution in [3.8, 4) is 23.0 Å². The third kappa shape index (κ3) is 6.25. The van der Waals surface area contributed by atoms with E-state index in [1.54, 1.807) is 19.2 Å². The molecule has 216 valence electrons. The van der Waals surface area contributed by atoms with Gasteiger partial charge in [-0.05, 0) is 113 Å². The predicted molar refractivity (Wildman–Crippen MR) is 163 cm³/mol. The molecule has 0 spiro atoms. The van der Waals surface area contributed by atoms with Crippen LogP contribution in [0.5, 0.6) is 23.0 Å². The van der Waals surface area contributed by atoms with Crippen LogP contribution in [0, 0.1) is 11.3 Å². The molecule has 1 saturated carbocycles. The molecule has 5 heteroatoms. The van der Waals surface area contributed by atoms with E-state index >= 15 is 0 Å². The highest BCUT2D eigenvalue weighted by atomic mass is 16.5. The van der Waals surface area contributed by atoms with E-state index in [1.165, 1.54) is 11.1 Å². The minimum absolute atomic E-state index is 0.0850. The molecule has 1 aliphatic carbocycles. The van der Waals surface area contributed by atoms with Crippen LogP contribution in [0.25, 0.3) is 12.2 Å². The Kier molecular flexibility index (Phi) is 8.75. The lowest BCUT2D eigenvalue weighted by molar-refractivity contribution is -0.138. The summed E-state index contributed by atoms with van der Waals surface area (Å²) in [6.45, 7) is 12.7. The highest BCUT2D eigenvalue weighted by molar-refractivity contribution is 5.73. The first-order valence-corrected chi connectivity index (χ1v) is 14.4. The molecular formula is C35H46O5. The molecule has 40 heavy (non-hydrogen) atoms. The largest absolute Gasteiger partial charge is 0.507 e. The maximum Gasteiger partial charge on any atom is 0.165 e. The molecule has 1 aliphatic heterocycles. The number of allylic oxidation sites excluding steroid dienone is 4. The monoisotopic (exact) mass is 546 g/mol. The molecule has 0 saturated heterocycles. The average Bonchev–Trinajstić information content (AvgIpc) is 2.88. The maximum atomic E-state index is 10.7. The Hall–Kier alpha value is -3.18. The molecule has 0 radical (unpaired) electrons. The average molecular weight is 547 g/mol. The normalized spacial score (nSPS) is 23.8. The highest BCUT2D eigenvalue weighted by Gasteiger charge is 2.54. The van der Waals surface area contributed by atoms with Crippen molar-refractivity contribution >= 4 is 12.2 Å². The highest BCUT2D eigenvalue weighted by Crippen LogP contribution is 2.55. The van der Waals surface area contributed by atoms with Gasteiger partial charge in [0.15, 0.2) is 11.5 Å². The summed E-state index contributed by atoms with van der Waals surface area (Å²) in [5, 5.41) is 32.1. The Morgan fingerprint density at radius 2 is 1.65 bits per heavy atom. The number of aliphatic hydroxyl groups excluding tert-OH is 1. The van der Waals surface area contributed by atoms with E-state index in [2.05, 4.69) is 59.8 Å². The Balaban J connectivity index is 1.55. The van der Waals surface area contributed by atoms with Gasteiger partial charge in [0.25, 0.3) is 0 Å². The third-order valence-corrected chi connectivity index (χ3v) is 8.98. The van der Waals surface area contributed by atoms with Crippen molar-refractivity contribution in [2.75, 3.05) is 7.11 Å². The minimum Gasteiger partial charge on any atom is -0.507 e. The Bertz CT molecular complexity index is 1300. The zero-order valence-corrected chi connectivity index (χ0v) is 25.2. The summed E-state index contributed by atoms with van der Waals surface area (Å²) < 4.78 is 12.4. The summed E-state index contributed by atoms with van der Waals surface area (Å²) in [7, 11) is 1.65. The van der Waals surface area contributed by atoms with Gasteiger partial charge in [-0.15, -0.1) is 0 Å². The lowest BCUT2D eigenvalue weighted by Crippen LogP contribution is -2.58. The van der Waals surface area contributed by atoms with E-state index < -0.39 is 0 Å². The fourth-order valence-electron chi connectivity index (χ4n) is 6.37. The van der Waals surface area contributed by atoms with Crippen molar-refractivity contribution in [1.29, 1.82) is 0 Å². The molecule has 0 amide bonds. The number of phenolic OH excluding ortho intramolecular Hbond substituents is 2. The molecule has 5 nitrogen and oxygen atoms in total. The number of benzene rings is 2. The van der Waals surface area contributed by atoms with Gasteiger partial charge in [0.05, 0.1) is 13.2 Å². The van der Waals surface area contributed by atoms with Gasteiger partial charge in [0, 0.05) is 11.5 Å². The number of aliphatic hydroxyl groups is 1. The first-order chi connectivity index (χ1) is 18.8. The number of methoxy groups -OCH3 is 1. The van der Waals surface area contributed by atoms with Crippen LogP contribution in [0.3, 0.4) is 0 Å². The molecule has 4 rings (SSSR count). The van der Waals surface area contributed by atoms with Crippen molar-refractivity contribution in [1.82, 2.24) is 0 Å². The van der Waals surface area contributed by atoms with Crippen molar-refractivity contribution in [2.24, 2.45) is 11.3 Å². The van der Waals surface area contributed by atoms with Crippen LogP contribution in [0.1, 0.15) is 89.5 Å². The van der Waals surface area contributed by atoms with Gasteiger partial charge >= 0.3 is 0 Å². The van der Waals surface area contributed by atoms with Gasteiger partial charge in [0.2, 0.25) is 0 Å². The fraction of sp³-hybridized carbons (Fsp3) is 0.486. The summed E-state index contributed by atoms with van der Waals surface area (Å²) >= 11 is 0. The zero-order valence-electron chi connectivity index (χ0n) is 25.2. The van der Waals surface area contributed by atoms with E-state index in [4.69, 9.17) is 9.47 Å². The van der Waals surface area contributed by atoms with E-state index in [0.717, 1.165) is 49.0 Å². The molecule has 2 aliphatic rings. The van der Waals surface area contributed by atoms with Gasteiger partial charge < -0.3 is 24.8 Å². The number of ether oxygens (including phenoxy) is 2. The Labute approximate surface area is 239 Å². The maximum absolute atomic E-state index is 10.7. The Morgan fingerprint density at radius 3 is 2.27 bits per heavy atom. The smallest absolute Gasteiger partial charge is 0.165 e. The lowest BCUT2D eigenvalue weighted by atomic mass is 9.57. The van der Waals surface area contributed by atoms with Crippen LogP contribution in [0.2, 0.25) is 0 Å². The van der Waals surface area contributed by atoms with Crippen molar-refractivity contribution in [2.45, 2.75) is 91.8 Å². The molecule has 2 aromatic carbocycles. The van der Waals surface area contributed by atoms with Crippen LogP contribution in [-0.2, 0) is 12.8 Å². The number of phenols is 2. The lowest BCUT2D eigenvalue weighted by Gasteiger charge is -2.55. The van der Waals surface area contributed by atoms with E-state index in [0.29, 0.717) is 23.3 Å². The predicted octanol–water partition coefficient (Wildman–Crippen LogP) is 8.00. The van der Waals surface area contributed by atoms with Crippen LogP contribution < -0.4 is 9.47 Å². The van der Waals surface area contributed by atoms with Crippen LogP contribution >= 0.6 is 0 Å². The summed E-state index contributed by atoms with van der Waals surface area (Å²) in [5.41, 5.74) is 5.18. The molecule has 0 aromatic heterocycles. The standard InChI is InChI=1S/C35H46O5/c1-22(2)9-8-10-23(3)11-14-27-28(36)18-25(19-29(27)37)13-12-24-17-26-21-31-34(4,5)32(38)15-16-35(31,6)40-33(26)30(20-24)39-7/h9,11-13,17-20,31-32,36-38H,8,10,14-16,21H2,1-7H3/t31-,32-,35-/m1/s1. The van der Waals surface area contributed by atoms with Crippen molar-refractivity contribution in [3.63, 3.8) is 0 Å². The van der Waals surface area contributed by atoms with Gasteiger partial charge in [-0.2, -0.15) is 0 Å². The second kappa shape index (κ2) is 11.7. The number of hydrogen-bond donors (Lipinski definition) is 3. The second-order valence-electron chi connectivity index (χ2n) is 12.7. The van der Waals surface area contributed by atoms with E-state index in [9.17, 15) is 15.3 Å². The topological polar surface area (TPSA) is 79.2 Å². The van der Waals surface area contributed by atoms with Gasteiger partial charge in [-0.1, -0.05) is 49.3 Å². The quantitative estimate of drug-likeness (QED) is 0.231. The SMILES string of the molecule is COc1cc(C=Cc2cc(O)c(CC=C(C)CCC=C(C)C)c(O)c2)cc2c1O[C@]1(C)CC[C@@H](O)C(C)(C)[C@H]1C2. The molecule has 3 N–H and O–H groups in total. The van der Waals surface area contributed by atoms with Crippen LogP contribution in [0.4, 0.5) is 0 Å². The molecule has 0 bridgehead atoms. The fourth-order valence-corrected chi connectivity index (χ4v) is 6.37.